The molecule has 0 aliphatic heterocycles. The minimum absolute atomic E-state index is 0.213. The number of nitrogens with two attached hydrogens (primary N) is 1. The number of pyridine rings is 1. The van der Waals surface area contributed by atoms with Gasteiger partial charge in [0.15, 0.2) is 0 Å². The maximum atomic E-state index is 13.0. The Labute approximate surface area is 113 Å². The third kappa shape index (κ3) is 2.81. The van der Waals surface area contributed by atoms with Gasteiger partial charge in [-0.25, -0.2) is 10.2 Å². The van der Waals surface area contributed by atoms with Crippen LogP contribution in [-0.2, 0) is 0 Å². The average Bonchev–Trinajstić information content (AvgIpc) is 2.41. The number of aryl methyl sites for hydroxylation is 1. The highest BCUT2D eigenvalue weighted by atomic mass is 19.1. The zero-order valence-electron chi connectivity index (χ0n) is 10.5. The molecule has 0 aliphatic rings. The number of nitrogens with zero attached hydrogens (tertiary/aromatic N) is 2. The van der Waals surface area contributed by atoms with Gasteiger partial charge in [-0.1, -0.05) is 0 Å². The van der Waals surface area contributed by atoms with Crippen LogP contribution in [0.25, 0.3) is 0 Å². The number of nitrogens with one attached hydrogen (secondary N) is 1. The first kappa shape index (κ1) is 13.7. The Morgan fingerprint density at radius 2 is 2.15 bits per heavy atom. The summed E-state index contributed by atoms with van der Waals surface area (Å²) in [7, 11) is 0. The molecule has 0 aliphatic carbocycles. The van der Waals surface area contributed by atoms with Crippen molar-refractivity contribution in [1.29, 1.82) is 0 Å². The number of hydrogen-bond acceptors (Lipinski definition) is 6. The molecule has 2 aromatic rings. The first-order chi connectivity index (χ1) is 9.51. The summed E-state index contributed by atoms with van der Waals surface area (Å²) < 4.78 is 18.4. The molecule has 8 heteroatoms. The van der Waals surface area contributed by atoms with Crippen LogP contribution >= 0.6 is 0 Å². The highest BCUT2D eigenvalue weighted by molar-refractivity contribution is 5.50. The van der Waals surface area contributed by atoms with Gasteiger partial charge in [0, 0.05) is 6.07 Å². The van der Waals surface area contributed by atoms with Crippen molar-refractivity contribution in [3.63, 3.8) is 0 Å². The van der Waals surface area contributed by atoms with Gasteiger partial charge in [-0.05, 0) is 36.8 Å². The first-order valence-electron chi connectivity index (χ1n) is 5.57. The number of halogens is 1. The molecule has 0 saturated carbocycles. The standard InChI is InChI=1S/C12H11FN4O3/c1-7-6-8(13)2-4-10(7)20-12-9(17(18)19)3-5-11(15-12)16-14/h2-6H,14H2,1H3,(H,15,16). The monoisotopic (exact) mass is 278 g/mol. The maximum Gasteiger partial charge on any atom is 0.331 e. The van der Waals surface area contributed by atoms with Crippen LogP contribution in [0, 0.1) is 22.9 Å². The number of rotatable bonds is 4. The van der Waals surface area contributed by atoms with Gasteiger partial charge in [0.1, 0.15) is 17.4 Å². The van der Waals surface area contributed by atoms with Crippen LogP contribution in [0.3, 0.4) is 0 Å². The van der Waals surface area contributed by atoms with E-state index in [0.717, 1.165) is 0 Å². The second kappa shape index (κ2) is 5.49. The van der Waals surface area contributed by atoms with Crippen molar-refractivity contribution in [3.05, 3.63) is 51.8 Å². The van der Waals surface area contributed by atoms with Gasteiger partial charge in [0.05, 0.1) is 4.92 Å². The fourth-order valence-corrected chi connectivity index (χ4v) is 1.56. The lowest BCUT2D eigenvalue weighted by Gasteiger charge is -2.09. The van der Waals surface area contributed by atoms with E-state index in [1.54, 1.807) is 6.92 Å². The molecule has 1 heterocycles. The quantitative estimate of drug-likeness (QED) is 0.506. The Kier molecular flexibility index (Phi) is 3.76. The fraction of sp³-hybridized carbons (Fsp3) is 0.0833. The average molecular weight is 278 g/mol. The van der Waals surface area contributed by atoms with Crippen LogP contribution in [0.2, 0.25) is 0 Å². The summed E-state index contributed by atoms with van der Waals surface area (Å²) in [6.45, 7) is 1.62. The van der Waals surface area contributed by atoms with Gasteiger partial charge in [0.25, 0.3) is 0 Å². The second-order valence-corrected chi connectivity index (χ2v) is 3.93. The van der Waals surface area contributed by atoms with E-state index in [4.69, 9.17) is 10.6 Å². The second-order valence-electron chi connectivity index (χ2n) is 3.93. The summed E-state index contributed by atoms with van der Waals surface area (Å²) >= 11 is 0. The molecule has 0 spiro atoms. The molecule has 1 aromatic carbocycles. The van der Waals surface area contributed by atoms with Gasteiger partial charge in [-0.2, -0.15) is 4.98 Å². The summed E-state index contributed by atoms with van der Waals surface area (Å²) in [5.74, 6) is 5.04. The van der Waals surface area contributed by atoms with Gasteiger partial charge < -0.3 is 10.2 Å². The summed E-state index contributed by atoms with van der Waals surface area (Å²) in [5, 5.41) is 10.9. The van der Waals surface area contributed by atoms with Gasteiger partial charge in [-0.3, -0.25) is 10.1 Å². The van der Waals surface area contributed by atoms with E-state index in [2.05, 4.69) is 10.4 Å². The van der Waals surface area contributed by atoms with Crippen molar-refractivity contribution in [2.45, 2.75) is 6.92 Å². The van der Waals surface area contributed by atoms with Gasteiger partial charge in [-0.15, -0.1) is 0 Å². The Bertz CT molecular complexity index is 663. The molecule has 0 radical (unpaired) electrons. The molecule has 0 atom stereocenters. The molecular weight excluding hydrogens is 267 g/mol. The smallest absolute Gasteiger partial charge is 0.331 e. The lowest BCUT2D eigenvalue weighted by Crippen LogP contribution is -2.09. The van der Waals surface area contributed by atoms with E-state index in [1.165, 1.54) is 30.3 Å². The molecule has 0 saturated heterocycles. The molecule has 7 nitrogen and oxygen atoms in total. The van der Waals surface area contributed by atoms with Crippen LogP contribution in [0.5, 0.6) is 11.6 Å². The van der Waals surface area contributed by atoms with Gasteiger partial charge >= 0.3 is 11.6 Å². The van der Waals surface area contributed by atoms with Crippen LogP contribution in [0.4, 0.5) is 15.9 Å². The molecule has 0 amide bonds. The van der Waals surface area contributed by atoms with Crippen LogP contribution in [0.15, 0.2) is 30.3 Å². The Morgan fingerprint density at radius 3 is 2.75 bits per heavy atom. The largest absolute Gasteiger partial charge is 0.433 e. The third-order valence-corrected chi connectivity index (χ3v) is 2.53. The van der Waals surface area contributed by atoms with Crippen molar-refractivity contribution in [1.82, 2.24) is 4.98 Å². The van der Waals surface area contributed by atoms with Crippen molar-refractivity contribution >= 4 is 11.5 Å². The van der Waals surface area contributed by atoms with E-state index in [1.807, 2.05) is 0 Å². The molecule has 20 heavy (non-hydrogen) atoms. The molecule has 3 N–H and O–H groups in total. The minimum Gasteiger partial charge on any atom is -0.433 e. The van der Waals surface area contributed by atoms with E-state index in [9.17, 15) is 14.5 Å². The van der Waals surface area contributed by atoms with E-state index in [-0.39, 0.29) is 23.1 Å². The maximum absolute atomic E-state index is 13.0. The van der Waals surface area contributed by atoms with Crippen LogP contribution in [0.1, 0.15) is 5.56 Å². The Morgan fingerprint density at radius 1 is 1.40 bits per heavy atom. The lowest BCUT2D eigenvalue weighted by atomic mass is 10.2. The van der Waals surface area contributed by atoms with E-state index >= 15 is 0 Å². The van der Waals surface area contributed by atoms with Crippen molar-refractivity contribution in [3.8, 4) is 11.6 Å². The summed E-state index contributed by atoms with van der Waals surface area (Å²) in [6, 6.07) is 6.39. The molecule has 1 aromatic heterocycles. The third-order valence-electron chi connectivity index (χ3n) is 2.53. The normalized spacial score (nSPS) is 10.2. The number of aromatic nitrogens is 1. The molecule has 104 valence electrons. The molecule has 2 rings (SSSR count). The van der Waals surface area contributed by atoms with Crippen molar-refractivity contribution < 1.29 is 14.1 Å². The summed E-state index contributed by atoms with van der Waals surface area (Å²) in [5.41, 5.74) is 2.45. The van der Waals surface area contributed by atoms with Crippen LogP contribution in [-0.4, -0.2) is 9.91 Å². The number of ether oxygens (including phenoxy) is 1. The Hall–Kier alpha value is -2.74. The number of anilines is 1. The van der Waals surface area contributed by atoms with Gasteiger partial charge in [0.2, 0.25) is 0 Å². The van der Waals surface area contributed by atoms with E-state index < -0.39 is 10.7 Å². The van der Waals surface area contributed by atoms with Crippen LogP contribution < -0.4 is 16.0 Å². The zero-order valence-corrected chi connectivity index (χ0v) is 10.5. The van der Waals surface area contributed by atoms with Crippen molar-refractivity contribution in [2.75, 3.05) is 5.43 Å². The predicted octanol–water partition coefficient (Wildman–Crippen LogP) is 2.52. The number of nitro groups is 1. The molecule has 0 fully saturated rings. The number of nitrogen functional groups attached to an aromatic ring is 1. The lowest BCUT2D eigenvalue weighted by molar-refractivity contribution is -0.386. The highest BCUT2D eigenvalue weighted by Gasteiger charge is 2.19. The number of hydrazine groups is 1. The van der Waals surface area contributed by atoms with Crippen molar-refractivity contribution in [2.24, 2.45) is 5.84 Å². The predicted molar refractivity (Wildman–Crippen MR) is 69.9 cm³/mol. The first-order valence-corrected chi connectivity index (χ1v) is 5.57. The Balaban J connectivity index is 2.43. The van der Waals surface area contributed by atoms with E-state index in [0.29, 0.717) is 5.56 Å². The zero-order chi connectivity index (χ0) is 14.7. The highest BCUT2D eigenvalue weighted by Crippen LogP contribution is 2.32. The topological polar surface area (TPSA) is 103 Å². The number of hydrogen-bond donors (Lipinski definition) is 2. The summed E-state index contributed by atoms with van der Waals surface area (Å²) in [4.78, 5) is 14.2. The molecule has 0 unspecified atom stereocenters. The number of benzene rings is 1. The minimum atomic E-state index is -0.624. The fourth-order valence-electron chi connectivity index (χ4n) is 1.56. The SMILES string of the molecule is Cc1cc(F)ccc1Oc1nc(NN)ccc1[N+](=O)[O-]. The molecule has 0 bridgehead atoms. The molecular formula is C12H11FN4O3. The summed E-state index contributed by atoms with van der Waals surface area (Å²) in [6.07, 6.45) is 0.